The van der Waals surface area contributed by atoms with Gasteiger partial charge >= 0.3 is 12.2 Å². The molecule has 3 rings (SSSR count). The van der Waals surface area contributed by atoms with E-state index in [4.69, 9.17) is 23.2 Å². The molecule has 0 saturated heterocycles. The van der Waals surface area contributed by atoms with Crippen LogP contribution in [0.15, 0.2) is 42.5 Å². The van der Waals surface area contributed by atoms with Gasteiger partial charge in [0.2, 0.25) is 0 Å². The predicted octanol–water partition coefficient (Wildman–Crippen LogP) is 6.65. The summed E-state index contributed by atoms with van der Waals surface area (Å²) in [6, 6.07) is 6.74. The van der Waals surface area contributed by atoms with Crippen LogP contribution in [0.5, 0.6) is 5.75 Å². The smallest absolute Gasteiger partial charge is 0.419 e. The Kier molecular flexibility index (Phi) is 5.27. The van der Waals surface area contributed by atoms with Crippen molar-refractivity contribution in [2.24, 2.45) is 0 Å². The van der Waals surface area contributed by atoms with Crippen molar-refractivity contribution in [3.63, 3.8) is 0 Å². The summed E-state index contributed by atoms with van der Waals surface area (Å²) < 4.78 is 51.7. The maximum absolute atomic E-state index is 13.4. The largest absolute Gasteiger partial charge is 0.508 e. The van der Waals surface area contributed by atoms with E-state index in [1.54, 1.807) is 0 Å². The van der Waals surface area contributed by atoms with Crippen LogP contribution in [0.4, 0.5) is 33.7 Å². The van der Waals surface area contributed by atoms with Gasteiger partial charge in [-0.3, -0.25) is 0 Å². The summed E-state index contributed by atoms with van der Waals surface area (Å²) in [6.07, 6.45) is -4.91. The highest BCUT2D eigenvalue weighted by molar-refractivity contribution is 6.41. The first-order valence-electron chi connectivity index (χ1n) is 7.62. The Bertz CT molecular complexity index is 1090. The van der Waals surface area contributed by atoms with E-state index in [0.717, 1.165) is 6.07 Å². The number of benzene rings is 3. The lowest BCUT2D eigenvalue weighted by Crippen LogP contribution is -2.20. The zero-order valence-electron chi connectivity index (χ0n) is 13.7. The molecule has 0 heterocycles. The van der Waals surface area contributed by atoms with Gasteiger partial charge in [0.05, 0.1) is 21.3 Å². The minimum atomic E-state index is -4.91. The SMILES string of the molecule is O=C(Nc1ccc(F)c(C(F)(F)F)c1)Nc1c(Cl)cc(Cl)c2ccc(O)cc12. The van der Waals surface area contributed by atoms with Crippen LogP contribution in [0, 0.1) is 5.82 Å². The Morgan fingerprint density at radius 3 is 2.32 bits per heavy atom. The van der Waals surface area contributed by atoms with E-state index in [1.807, 2.05) is 0 Å². The molecular weight excluding hydrogens is 423 g/mol. The van der Waals surface area contributed by atoms with Crippen LogP contribution >= 0.6 is 23.2 Å². The van der Waals surface area contributed by atoms with Crippen LogP contribution in [0.2, 0.25) is 10.0 Å². The first kappa shape index (κ1) is 20.0. The predicted molar refractivity (Wildman–Crippen MR) is 99.7 cm³/mol. The van der Waals surface area contributed by atoms with E-state index in [0.29, 0.717) is 22.9 Å². The topological polar surface area (TPSA) is 61.4 Å². The third-order valence-corrected chi connectivity index (χ3v) is 4.40. The molecule has 0 unspecified atom stereocenters. The highest BCUT2D eigenvalue weighted by Crippen LogP contribution is 2.38. The molecule has 0 fully saturated rings. The number of amides is 2. The van der Waals surface area contributed by atoms with Crippen molar-refractivity contribution >= 4 is 51.4 Å². The number of phenols is 1. The molecule has 0 aliphatic carbocycles. The van der Waals surface area contributed by atoms with Crippen LogP contribution < -0.4 is 10.6 Å². The Labute approximate surface area is 165 Å². The summed E-state index contributed by atoms with van der Waals surface area (Å²) >= 11 is 12.2. The summed E-state index contributed by atoms with van der Waals surface area (Å²) in [5, 5.41) is 15.4. The Morgan fingerprint density at radius 2 is 1.64 bits per heavy atom. The van der Waals surface area contributed by atoms with Gasteiger partial charge in [0.25, 0.3) is 0 Å². The number of hydrogen-bond donors (Lipinski definition) is 3. The quantitative estimate of drug-likeness (QED) is 0.396. The van der Waals surface area contributed by atoms with Gasteiger partial charge in [0.15, 0.2) is 0 Å². The van der Waals surface area contributed by atoms with Gasteiger partial charge < -0.3 is 15.7 Å². The third-order valence-electron chi connectivity index (χ3n) is 3.79. The molecule has 0 aliphatic rings. The maximum Gasteiger partial charge on any atom is 0.419 e. The Morgan fingerprint density at radius 1 is 0.929 bits per heavy atom. The molecule has 3 N–H and O–H groups in total. The van der Waals surface area contributed by atoms with Gasteiger partial charge in [-0.25, -0.2) is 9.18 Å². The first-order chi connectivity index (χ1) is 13.1. The monoisotopic (exact) mass is 432 g/mol. The molecule has 0 aromatic heterocycles. The fourth-order valence-corrected chi connectivity index (χ4v) is 3.15. The van der Waals surface area contributed by atoms with Crippen molar-refractivity contribution in [2.45, 2.75) is 6.18 Å². The summed E-state index contributed by atoms with van der Waals surface area (Å²) in [4.78, 5) is 12.2. The van der Waals surface area contributed by atoms with E-state index < -0.39 is 23.6 Å². The maximum atomic E-state index is 13.4. The molecule has 0 atom stereocenters. The van der Waals surface area contributed by atoms with E-state index in [9.17, 15) is 27.5 Å². The highest BCUT2D eigenvalue weighted by atomic mass is 35.5. The Balaban J connectivity index is 1.92. The van der Waals surface area contributed by atoms with Gasteiger partial charge in [0.1, 0.15) is 11.6 Å². The summed E-state index contributed by atoms with van der Waals surface area (Å²) in [7, 11) is 0. The molecule has 2 amide bonds. The molecular formula is C18H10Cl2F4N2O2. The molecule has 3 aromatic rings. The number of phenolic OH excluding ortho intramolecular Hbond substituents is 1. The molecule has 28 heavy (non-hydrogen) atoms. The number of alkyl halides is 3. The number of rotatable bonds is 2. The Hall–Kier alpha value is -2.71. The third kappa shape index (κ3) is 4.07. The molecule has 0 bridgehead atoms. The highest BCUT2D eigenvalue weighted by Gasteiger charge is 2.34. The van der Waals surface area contributed by atoms with Crippen LogP contribution in [-0.2, 0) is 6.18 Å². The number of nitrogens with one attached hydrogen (secondary N) is 2. The minimum absolute atomic E-state index is 0.0494. The molecule has 146 valence electrons. The molecule has 0 aliphatic heterocycles. The fourth-order valence-electron chi connectivity index (χ4n) is 2.56. The van der Waals surface area contributed by atoms with E-state index >= 15 is 0 Å². The van der Waals surface area contributed by atoms with Crippen LogP contribution in [0.3, 0.4) is 0 Å². The van der Waals surface area contributed by atoms with E-state index in [2.05, 4.69) is 10.6 Å². The lowest BCUT2D eigenvalue weighted by Gasteiger charge is -2.14. The van der Waals surface area contributed by atoms with Crippen molar-refractivity contribution in [1.82, 2.24) is 0 Å². The van der Waals surface area contributed by atoms with Gasteiger partial charge in [-0.15, -0.1) is 0 Å². The molecule has 0 spiro atoms. The zero-order valence-corrected chi connectivity index (χ0v) is 15.2. The lowest BCUT2D eigenvalue weighted by molar-refractivity contribution is -0.139. The number of anilines is 2. The lowest BCUT2D eigenvalue weighted by atomic mass is 10.1. The molecule has 0 saturated carbocycles. The summed E-state index contributed by atoms with van der Waals surface area (Å²) in [5.74, 6) is -1.57. The van der Waals surface area contributed by atoms with Crippen molar-refractivity contribution in [3.8, 4) is 5.75 Å². The number of urea groups is 1. The van der Waals surface area contributed by atoms with Gasteiger partial charge in [0, 0.05) is 16.5 Å². The number of halogens is 6. The van der Waals surface area contributed by atoms with Gasteiger partial charge in [-0.2, -0.15) is 13.2 Å². The van der Waals surface area contributed by atoms with Gasteiger partial charge in [-0.05, 0) is 42.5 Å². The van der Waals surface area contributed by atoms with Crippen LogP contribution in [-0.4, -0.2) is 11.1 Å². The second-order valence-corrected chi connectivity index (χ2v) is 6.53. The minimum Gasteiger partial charge on any atom is -0.508 e. The summed E-state index contributed by atoms with van der Waals surface area (Å²) in [6.45, 7) is 0. The molecule has 4 nitrogen and oxygen atoms in total. The second kappa shape index (κ2) is 7.37. The molecule has 0 radical (unpaired) electrons. The van der Waals surface area contributed by atoms with Crippen molar-refractivity contribution in [2.75, 3.05) is 10.6 Å². The normalized spacial score (nSPS) is 11.5. The number of hydrogen-bond acceptors (Lipinski definition) is 2. The average molecular weight is 433 g/mol. The fraction of sp³-hybridized carbons (Fsp3) is 0.0556. The number of carbonyl (C=O) groups excluding carboxylic acids is 1. The van der Waals surface area contributed by atoms with E-state index in [1.165, 1.54) is 24.3 Å². The number of carbonyl (C=O) groups is 1. The zero-order chi connectivity index (χ0) is 20.6. The number of aromatic hydroxyl groups is 1. The van der Waals surface area contributed by atoms with Gasteiger partial charge in [-0.1, -0.05) is 23.2 Å². The number of fused-ring (bicyclic) bond motifs is 1. The van der Waals surface area contributed by atoms with Crippen molar-refractivity contribution in [3.05, 3.63) is 63.9 Å². The first-order valence-corrected chi connectivity index (χ1v) is 8.37. The van der Waals surface area contributed by atoms with E-state index in [-0.39, 0.29) is 27.2 Å². The second-order valence-electron chi connectivity index (χ2n) is 5.72. The summed E-state index contributed by atoms with van der Waals surface area (Å²) in [5.41, 5.74) is -1.69. The molecule has 3 aromatic carbocycles. The molecule has 10 heteroatoms. The standard InChI is InChI=1S/C18H10Cl2F4N2O2/c19-13-7-14(20)16(11-6-9(27)2-3-10(11)13)26-17(28)25-8-1-4-15(21)12(5-8)18(22,23)24/h1-7,27H,(H2,25,26,28). The van der Waals surface area contributed by atoms with Crippen molar-refractivity contribution < 1.29 is 27.5 Å². The average Bonchev–Trinajstić information content (AvgIpc) is 2.59. The van der Waals surface area contributed by atoms with Crippen molar-refractivity contribution in [1.29, 1.82) is 0 Å². The van der Waals surface area contributed by atoms with Crippen LogP contribution in [0.1, 0.15) is 5.56 Å². The van der Waals surface area contributed by atoms with Crippen LogP contribution in [0.25, 0.3) is 10.8 Å².